The summed E-state index contributed by atoms with van der Waals surface area (Å²) in [6.07, 6.45) is 2.64. The highest BCUT2D eigenvalue weighted by atomic mass is 32.1. The maximum atomic E-state index is 5.82. The number of nitrogens with two attached hydrogens (primary N) is 1. The molecule has 0 radical (unpaired) electrons. The van der Waals surface area contributed by atoms with Crippen LogP contribution in [0.2, 0.25) is 0 Å². The van der Waals surface area contributed by atoms with Crippen molar-refractivity contribution in [3.05, 3.63) is 59.8 Å². The minimum Gasteiger partial charge on any atom is -0.376 e. The summed E-state index contributed by atoms with van der Waals surface area (Å²) < 4.78 is 0. The van der Waals surface area contributed by atoms with Crippen LogP contribution in [0, 0.1) is 6.92 Å². The van der Waals surface area contributed by atoms with Crippen LogP contribution in [0.3, 0.4) is 0 Å². The van der Waals surface area contributed by atoms with Gasteiger partial charge < -0.3 is 10.6 Å². The van der Waals surface area contributed by atoms with Gasteiger partial charge in [-0.2, -0.15) is 0 Å². The molecule has 0 aliphatic heterocycles. The summed E-state index contributed by atoms with van der Waals surface area (Å²) in [5, 5.41) is 0.359. The number of aryl methyl sites for hydroxylation is 1. The van der Waals surface area contributed by atoms with Gasteiger partial charge >= 0.3 is 0 Å². The number of anilines is 1. The van der Waals surface area contributed by atoms with Gasteiger partial charge in [-0.1, -0.05) is 36.4 Å². The molecule has 0 amide bonds. The van der Waals surface area contributed by atoms with E-state index >= 15 is 0 Å². The molecule has 1 aromatic heterocycles. The summed E-state index contributed by atoms with van der Waals surface area (Å²) >= 11 is 5.14. The predicted octanol–water partition coefficient (Wildman–Crippen LogP) is 2.68. The van der Waals surface area contributed by atoms with Gasteiger partial charge in [0.25, 0.3) is 0 Å². The minimum atomic E-state index is 0.359. The minimum absolute atomic E-state index is 0.359. The Kier molecular flexibility index (Phi) is 4.47. The molecule has 0 aliphatic rings. The first-order valence-corrected chi connectivity index (χ1v) is 6.62. The van der Waals surface area contributed by atoms with E-state index in [1.54, 1.807) is 6.20 Å². The van der Waals surface area contributed by atoms with E-state index in [2.05, 4.69) is 17.1 Å². The van der Waals surface area contributed by atoms with E-state index < -0.39 is 0 Å². The van der Waals surface area contributed by atoms with Gasteiger partial charge in [-0.25, -0.2) is 4.98 Å². The molecule has 0 spiro atoms. The van der Waals surface area contributed by atoms with Crippen LogP contribution in [0.1, 0.15) is 11.1 Å². The number of hydrogen-bond donors (Lipinski definition) is 1. The normalized spacial score (nSPS) is 10.2. The number of aromatic nitrogens is 1. The van der Waals surface area contributed by atoms with Crippen molar-refractivity contribution in [1.29, 1.82) is 0 Å². The summed E-state index contributed by atoms with van der Waals surface area (Å²) in [6.45, 7) is 2.74. The molecule has 19 heavy (non-hydrogen) atoms. The molecular weight excluding hydrogens is 254 g/mol. The molecule has 2 rings (SSSR count). The van der Waals surface area contributed by atoms with E-state index in [0.29, 0.717) is 5.11 Å². The van der Waals surface area contributed by atoms with Crippen LogP contribution in [0.4, 0.5) is 5.82 Å². The molecule has 0 saturated carbocycles. The van der Waals surface area contributed by atoms with Gasteiger partial charge in [0.15, 0.2) is 5.11 Å². The zero-order valence-corrected chi connectivity index (χ0v) is 11.7. The van der Waals surface area contributed by atoms with Crippen molar-refractivity contribution in [1.82, 2.24) is 4.98 Å². The topological polar surface area (TPSA) is 42.2 Å². The molecule has 0 fully saturated rings. The summed E-state index contributed by atoms with van der Waals surface area (Å²) in [4.78, 5) is 6.26. The van der Waals surface area contributed by atoms with Crippen molar-refractivity contribution in [3.8, 4) is 0 Å². The third kappa shape index (κ3) is 3.51. The first kappa shape index (κ1) is 13.5. The molecule has 0 bridgehead atoms. The smallest absolute Gasteiger partial charge is 0.171 e. The van der Waals surface area contributed by atoms with E-state index in [1.165, 1.54) is 5.56 Å². The molecule has 0 atom stereocenters. The van der Waals surface area contributed by atoms with Crippen molar-refractivity contribution in [3.63, 3.8) is 0 Å². The van der Waals surface area contributed by atoms with Crippen LogP contribution in [-0.2, 0) is 6.42 Å². The molecule has 0 saturated heterocycles. The zero-order valence-electron chi connectivity index (χ0n) is 10.9. The lowest BCUT2D eigenvalue weighted by atomic mass is 10.1. The zero-order chi connectivity index (χ0) is 13.7. The van der Waals surface area contributed by atoms with Gasteiger partial charge in [-0.15, -0.1) is 0 Å². The lowest BCUT2D eigenvalue weighted by Gasteiger charge is -2.23. The molecule has 98 valence electrons. The number of pyridine rings is 1. The fourth-order valence-electron chi connectivity index (χ4n) is 1.97. The fraction of sp³-hybridized carbons (Fsp3) is 0.200. The standard InChI is InChI=1S/C15H17N3S/c1-12-6-5-10-17-14(12)18(15(16)19)11-9-13-7-3-2-4-8-13/h2-8,10H,9,11H2,1H3,(H2,16,19). The Bertz CT molecular complexity index is 554. The van der Waals surface area contributed by atoms with Crippen molar-refractivity contribution in [2.24, 2.45) is 5.73 Å². The maximum Gasteiger partial charge on any atom is 0.171 e. The van der Waals surface area contributed by atoms with Crippen LogP contribution in [0.5, 0.6) is 0 Å². The third-order valence-electron chi connectivity index (χ3n) is 2.97. The van der Waals surface area contributed by atoms with Crippen LogP contribution < -0.4 is 10.6 Å². The van der Waals surface area contributed by atoms with Crippen molar-refractivity contribution >= 4 is 23.1 Å². The van der Waals surface area contributed by atoms with E-state index in [0.717, 1.165) is 24.3 Å². The molecule has 0 aliphatic carbocycles. The van der Waals surface area contributed by atoms with Gasteiger partial charge in [-0.3, -0.25) is 0 Å². The highest BCUT2D eigenvalue weighted by Crippen LogP contribution is 2.16. The van der Waals surface area contributed by atoms with Crippen molar-refractivity contribution < 1.29 is 0 Å². The van der Waals surface area contributed by atoms with Gasteiger partial charge in [0, 0.05) is 12.7 Å². The lowest BCUT2D eigenvalue weighted by molar-refractivity contribution is 0.913. The molecule has 0 unspecified atom stereocenters. The van der Waals surface area contributed by atoms with E-state index in [-0.39, 0.29) is 0 Å². The van der Waals surface area contributed by atoms with E-state index in [9.17, 15) is 0 Å². The van der Waals surface area contributed by atoms with Crippen LogP contribution in [0.15, 0.2) is 48.7 Å². The SMILES string of the molecule is Cc1cccnc1N(CCc1ccccc1)C(N)=S. The van der Waals surface area contributed by atoms with Crippen LogP contribution in [0.25, 0.3) is 0 Å². The number of benzene rings is 1. The molecule has 4 heteroatoms. The molecule has 3 nitrogen and oxygen atoms in total. The van der Waals surface area contributed by atoms with Gasteiger partial charge in [0.2, 0.25) is 0 Å². The second-order valence-electron chi connectivity index (χ2n) is 4.37. The quantitative estimate of drug-likeness (QED) is 0.868. The van der Waals surface area contributed by atoms with Gasteiger partial charge in [0.05, 0.1) is 0 Å². The van der Waals surface area contributed by atoms with Crippen LogP contribution >= 0.6 is 12.2 Å². The van der Waals surface area contributed by atoms with Gasteiger partial charge in [0.1, 0.15) is 5.82 Å². The molecular formula is C15H17N3S. The summed E-state index contributed by atoms with van der Waals surface area (Å²) in [5.74, 6) is 0.839. The monoisotopic (exact) mass is 271 g/mol. The average Bonchev–Trinajstić information content (AvgIpc) is 2.42. The second kappa shape index (κ2) is 6.29. The Morgan fingerprint density at radius 2 is 1.95 bits per heavy atom. The molecule has 1 heterocycles. The largest absolute Gasteiger partial charge is 0.376 e. The lowest BCUT2D eigenvalue weighted by Crippen LogP contribution is -2.38. The average molecular weight is 271 g/mol. The molecule has 1 aromatic carbocycles. The Hall–Kier alpha value is -1.94. The summed E-state index contributed by atoms with van der Waals surface area (Å²) in [7, 11) is 0. The first-order chi connectivity index (χ1) is 9.18. The summed E-state index contributed by atoms with van der Waals surface area (Å²) in [5.41, 5.74) is 8.15. The Morgan fingerprint density at radius 1 is 1.21 bits per heavy atom. The van der Waals surface area contributed by atoms with E-state index in [4.69, 9.17) is 18.0 Å². The number of thiocarbonyl (C=S) groups is 1. The van der Waals surface area contributed by atoms with Crippen LogP contribution in [-0.4, -0.2) is 16.6 Å². The highest BCUT2D eigenvalue weighted by molar-refractivity contribution is 7.80. The van der Waals surface area contributed by atoms with E-state index in [1.807, 2.05) is 42.2 Å². The summed E-state index contributed by atoms with van der Waals surface area (Å²) in [6, 6.07) is 14.2. The highest BCUT2D eigenvalue weighted by Gasteiger charge is 2.12. The molecule has 2 aromatic rings. The first-order valence-electron chi connectivity index (χ1n) is 6.21. The number of rotatable bonds is 4. The number of hydrogen-bond acceptors (Lipinski definition) is 2. The fourth-order valence-corrected chi connectivity index (χ4v) is 2.14. The molecule has 2 N–H and O–H groups in total. The van der Waals surface area contributed by atoms with Crippen molar-refractivity contribution in [2.75, 3.05) is 11.4 Å². The number of nitrogens with zero attached hydrogens (tertiary/aromatic N) is 2. The second-order valence-corrected chi connectivity index (χ2v) is 4.79. The third-order valence-corrected chi connectivity index (χ3v) is 3.19. The maximum absolute atomic E-state index is 5.82. The van der Waals surface area contributed by atoms with Crippen molar-refractivity contribution in [2.45, 2.75) is 13.3 Å². The Balaban J connectivity index is 2.14. The van der Waals surface area contributed by atoms with Gasteiger partial charge in [-0.05, 0) is 42.8 Å². The Morgan fingerprint density at radius 3 is 2.58 bits per heavy atom. The predicted molar refractivity (Wildman–Crippen MR) is 83.3 cm³/mol. The Labute approximate surface area is 119 Å².